The Balaban J connectivity index is 1.79. The largest absolute Gasteiger partial charge is 0.497 e. The minimum Gasteiger partial charge on any atom is -0.497 e. The zero-order valence-electron chi connectivity index (χ0n) is 13.2. The van der Waals surface area contributed by atoms with Crippen molar-refractivity contribution in [2.45, 2.75) is 0 Å². The molecule has 25 heavy (non-hydrogen) atoms. The summed E-state index contributed by atoms with van der Waals surface area (Å²) >= 11 is 9.50. The first-order valence-corrected chi connectivity index (χ1v) is 8.47. The van der Waals surface area contributed by atoms with E-state index in [1.807, 2.05) is 24.3 Å². The molecular formula is C18H13BrClN3O2. The van der Waals surface area contributed by atoms with Crippen molar-refractivity contribution < 1.29 is 9.53 Å². The van der Waals surface area contributed by atoms with Crippen LogP contribution in [0.5, 0.6) is 5.75 Å². The maximum absolute atomic E-state index is 12.0. The van der Waals surface area contributed by atoms with E-state index in [1.165, 1.54) is 6.21 Å². The second kappa shape index (κ2) is 7.63. The third-order valence-corrected chi connectivity index (χ3v) is 4.31. The number of nitrogens with one attached hydrogen (secondary N) is 1. The number of pyridine rings is 1. The molecule has 7 heteroatoms. The van der Waals surface area contributed by atoms with Crippen molar-refractivity contribution in [3.63, 3.8) is 0 Å². The number of methoxy groups -OCH3 is 1. The molecule has 0 aliphatic heterocycles. The summed E-state index contributed by atoms with van der Waals surface area (Å²) in [5.74, 6) is 0.415. The first-order chi connectivity index (χ1) is 12.1. The molecule has 0 radical (unpaired) electrons. The Morgan fingerprint density at radius 3 is 2.72 bits per heavy atom. The van der Waals surface area contributed by atoms with Gasteiger partial charge in [0.1, 0.15) is 10.9 Å². The quantitative estimate of drug-likeness (QED) is 0.387. The standard InChI is InChI=1S/C18H13BrClN3O2/c1-25-15-6-7-16-12(9-15)8-13(17(20)22-16)10-21-23-18(24)11-2-4-14(19)5-3-11/h2-10H,1H3,(H,23,24)/b21-10-. The number of fused-ring (bicyclic) bond motifs is 1. The number of carbonyl (C=O) groups excluding carboxylic acids is 1. The number of hydrogen-bond acceptors (Lipinski definition) is 4. The number of nitrogens with zero attached hydrogens (tertiary/aromatic N) is 2. The summed E-state index contributed by atoms with van der Waals surface area (Å²) in [6.45, 7) is 0. The number of rotatable bonds is 4. The lowest BCUT2D eigenvalue weighted by Gasteiger charge is -2.05. The highest BCUT2D eigenvalue weighted by Gasteiger charge is 2.06. The van der Waals surface area contributed by atoms with Crippen LogP contribution in [0.15, 0.2) is 58.1 Å². The molecule has 1 amide bonds. The molecule has 0 unspecified atom stereocenters. The SMILES string of the molecule is COc1ccc2nc(Cl)c(/C=N\NC(=O)c3ccc(Br)cc3)cc2c1. The van der Waals surface area contributed by atoms with Gasteiger partial charge >= 0.3 is 0 Å². The summed E-state index contributed by atoms with van der Waals surface area (Å²) in [5, 5.41) is 5.13. The van der Waals surface area contributed by atoms with Gasteiger partial charge in [0, 0.05) is 21.0 Å². The first kappa shape index (κ1) is 17.4. The van der Waals surface area contributed by atoms with Crippen molar-refractivity contribution in [2.75, 3.05) is 7.11 Å². The number of halogens is 2. The Hall–Kier alpha value is -2.44. The number of aromatic nitrogens is 1. The maximum Gasteiger partial charge on any atom is 0.271 e. The number of carbonyl (C=O) groups is 1. The fourth-order valence-electron chi connectivity index (χ4n) is 2.19. The summed E-state index contributed by atoms with van der Waals surface area (Å²) in [4.78, 5) is 16.3. The summed E-state index contributed by atoms with van der Waals surface area (Å²) in [5.41, 5.74) is 4.32. The summed E-state index contributed by atoms with van der Waals surface area (Å²) in [6, 6.07) is 14.3. The van der Waals surface area contributed by atoms with Gasteiger partial charge in [-0.25, -0.2) is 10.4 Å². The van der Waals surface area contributed by atoms with Crippen LogP contribution in [0.1, 0.15) is 15.9 Å². The minimum atomic E-state index is -0.310. The van der Waals surface area contributed by atoms with E-state index in [2.05, 4.69) is 31.4 Å². The monoisotopic (exact) mass is 417 g/mol. The third kappa shape index (κ3) is 4.15. The Morgan fingerprint density at radius 2 is 2.00 bits per heavy atom. The van der Waals surface area contributed by atoms with E-state index in [9.17, 15) is 4.79 Å². The van der Waals surface area contributed by atoms with Crippen LogP contribution in [-0.4, -0.2) is 24.2 Å². The molecule has 3 aromatic rings. The van der Waals surface area contributed by atoms with E-state index in [1.54, 1.807) is 31.4 Å². The van der Waals surface area contributed by atoms with E-state index in [4.69, 9.17) is 16.3 Å². The molecule has 0 spiro atoms. The normalized spacial score (nSPS) is 11.0. The number of benzene rings is 2. The van der Waals surface area contributed by atoms with Crippen LogP contribution in [0.3, 0.4) is 0 Å². The Kier molecular flexibility index (Phi) is 5.31. The molecule has 1 aromatic heterocycles. The van der Waals surface area contributed by atoms with Crippen LogP contribution < -0.4 is 10.2 Å². The zero-order chi connectivity index (χ0) is 17.8. The Morgan fingerprint density at radius 1 is 1.24 bits per heavy atom. The third-order valence-electron chi connectivity index (χ3n) is 3.48. The van der Waals surface area contributed by atoms with Gasteiger partial charge in [-0.2, -0.15) is 5.10 Å². The van der Waals surface area contributed by atoms with Gasteiger partial charge in [0.25, 0.3) is 5.91 Å². The lowest BCUT2D eigenvalue weighted by atomic mass is 10.1. The zero-order valence-corrected chi connectivity index (χ0v) is 15.5. The van der Waals surface area contributed by atoms with E-state index in [0.717, 1.165) is 21.1 Å². The van der Waals surface area contributed by atoms with Crippen LogP contribution in [0, 0.1) is 0 Å². The van der Waals surface area contributed by atoms with Gasteiger partial charge in [-0.15, -0.1) is 0 Å². The summed E-state index contributed by atoms with van der Waals surface area (Å²) in [7, 11) is 1.60. The molecule has 2 aromatic carbocycles. The van der Waals surface area contributed by atoms with Crippen molar-refractivity contribution >= 4 is 50.6 Å². The number of amides is 1. The molecule has 3 rings (SSSR count). The van der Waals surface area contributed by atoms with Crippen molar-refractivity contribution in [3.05, 3.63) is 69.3 Å². The molecule has 0 aliphatic rings. The Bertz CT molecular complexity index is 958. The number of hydrogen-bond donors (Lipinski definition) is 1. The summed E-state index contributed by atoms with van der Waals surface area (Å²) in [6.07, 6.45) is 1.46. The fraction of sp³-hybridized carbons (Fsp3) is 0.0556. The topological polar surface area (TPSA) is 63.6 Å². The molecule has 1 N–H and O–H groups in total. The molecule has 0 saturated heterocycles. The van der Waals surface area contributed by atoms with Gasteiger partial charge in [0.2, 0.25) is 0 Å². The molecule has 0 atom stereocenters. The lowest BCUT2D eigenvalue weighted by molar-refractivity contribution is 0.0955. The molecule has 1 heterocycles. The molecule has 0 aliphatic carbocycles. The van der Waals surface area contributed by atoms with E-state index < -0.39 is 0 Å². The van der Waals surface area contributed by atoms with Gasteiger partial charge < -0.3 is 4.74 Å². The number of ether oxygens (including phenoxy) is 1. The molecule has 0 bridgehead atoms. The van der Waals surface area contributed by atoms with Crippen molar-refractivity contribution in [1.29, 1.82) is 0 Å². The van der Waals surface area contributed by atoms with Crippen LogP contribution in [0.2, 0.25) is 5.15 Å². The Labute approximate surface area is 157 Å². The van der Waals surface area contributed by atoms with E-state index >= 15 is 0 Å². The second-order valence-electron chi connectivity index (χ2n) is 5.13. The van der Waals surface area contributed by atoms with E-state index in [-0.39, 0.29) is 5.91 Å². The van der Waals surface area contributed by atoms with Gasteiger partial charge in [0.15, 0.2) is 0 Å². The maximum atomic E-state index is 12.0. The highest BCUT2D eigenvalue weighted by atomic mass is 79.9. The molecule has 0 fully saturated rings. The summed E-state index contributed by atoms with van der Waals surface area (Å²) < 4.78 is 6.11. The van der Waals surface area contributed by atoms with Gasteiger partial charge in [-0.05, 0) is 48.5 Å². The van der Waals surface area contributed by atoms with Crippen molar-refractivity contribution in [2.24, 2.45) is 5.10 Å². The van der Waals surface area contributed by atoms with Crippen LogP contribution in [-0.2, 0) is 0 Å². The van der Waals surface area contributed by atoms with E-state index in [0.29, 0.717) is 16.3 Å². The lowest BCUT2D eigenvalue weighted by Crippen LogP contribution is -2.17. The minimum absolute atomic E-state index is 0.305. The smallest absolute Gasteiger partial charge is 0.271 e. The number of hydrazone groups is 1. The first-order valence-electron chi connectivity index (χ1n) is 7.30. The van der Waals surface area contributed by atoms with Crippen molar-refractivity contribution in [3.8, 4) is 5.75 Å². The molecular weight excluding hydrogens is 406 g/mol. The van der Waals surface area contributed by atoms with Crippen molar-refractivity contribution in [1.82, 2.24) is 10.4 Å². The molecule has 0 saturated carbocycles. The highest BCUT2D eigenvalue weighted by molar-refractivity contribution is 9.10. The predicted molar refractivity (Wildman–Crippen MR) is 103 cm³/mol. The van der Waals surface area contributed by atoms with Crippen LogP contribution >= 0.6 is 27.5 Å². The second-order valence-corrected chi connectivity index (χ2v) is 6.41. The molecule has 126 valence electrons. The fourth-order valence-corrected chi connectivity index (χ4v) is 2.65. The van der Waals surface area contributed by atoms with Gasteiger partial charge in [-0.3, -0.25) is 4.79 Å². The average Bonchev–Trinajstić information content (AvgIpc) is 2.62. The van der Waals surface area contributed by atoms with Gasteiger partial charge in [0.05, 0.1) is 18.8 Å². The average molecular weight is 419 g/mol. The van der Waals surface area contributed by atoms with Crippen LogP contribution in [0.4, 0.5) is 0 Å². The van der Waals surface area contributed by atoms with Gasteiger partial charge in [-0.1, -0.05) is 27.5 Å². The van der Waals surface area contributed by atoms with Crippen LogP contribution in [0.25, 0.3) is 10.9 Å². The predicted octanol–water partition coefficient (Wildman–Crippen LogP) is 4.42. The highest BCUT2D eigenvalue weighted by Crippen LogP contribution is 2.23. The molecule has 5 nitrogen and oxygen atoms in total.